The molecule has 2 aromatic rings. The summed E-state index contributed by atoms with van der Waals surface area (Å²) in [6, 6.07) is 11.3. The molecule has 2 aliphatic rings. The normalized spacial score (nSPS) is 15.5. The number of esters is 1. The number of hydrogen-bond acceptors (Lipinski definition) is 4. The topological polar surface area (TPSA) is 58.6 Å². The summed E-state index contributed by atoms with van der Waals surface area (Å²) < 4.78 is 4.83. The third-order valence-electron chi connectivity index (χ3n) is 5.47. The number of amides is 1. The molecule has 1 fully saturated rings. The van der Waals surface area contributed by atoms with Gasteiger partial charge in [0.15, 0.2) is 0 Å². The van der Waals surface area contributed by atoms with E-state index in [1.165, 1.54) is 18.2 Å². The fourth-order valence-corrected chi connectivity index (χ4v) is 4.02. The van der Waals surface area contributed by atoms with E-state index in [-0.39, 0.29) is 5.91 Å². The highest BCUT2D eigenvalue weighted by Crippen LogP contribution is 2.31. The molecule has 0 aromatic heterocycles. The number of hydrogen-bond donors (Lipinski definition) is 1. The molecule has 4 rings (SSSR count). The SMILES string of the molecule is COC(=O)c1ccc(N2CCCC2)c(NC(=O)c2ccc3c(c2)CCC3)c1. The Morgan fingerprint density at radius 2 is 1.67 bits per heavy atom. The van der Waals surface area contributed by atoms with Gasteiger partial charge in [0.1, 0.15) is 0 Å². The van der Waals surface area contributed by atoms with Crippen molar-refractivity contribution >= 4 is 23.3 Å². The molecular weight excluding hydrogens is 340 g/mol. The Morgan fingerprint density at radius 1 is 0.926 bits per heavy atom. The van der Waals surface area contributed by atoms with Gasteiger partial charge in [0.2, 0.25) is 0 Å². The van der Waals surface area contributed by atoms with Crippen molar-refractivity contribution in [3.8, 4) is 0 Å². The first kappa shape index (κ1) is 17.6. The summed E-state index contributed by atoms with van der Waals surface area (Å²) in [6.07, 6.45) is 5.55. The Bertz CT molecular complexity index is 885. The Kier molecular flexibility index (Phi) is 4.84. The van der Waals surface area contributed by atoms with Gasteiger partial charge in [0.05, 0.1) is 24.0 Å². The molecule has 5 heteroatoms. The van der Waals surface area contributed by atoms with Gasteiger partial charge < -0.3 is 15.0 Å². The van der Waals surface area contributed by atoms with Gasteiger partial charge in [-0.3, -0.25) is 4.79 Å². The summed E-state index contributed by atoms with van der Waals surface area (Å²) in [7, 11) is 1.36. The van der Waals surface area contributed by atoms with Gasteiger partial charge in [-0.1, -0.05) is 6.07 Å². The number of methoxy groups -OCH3 is 1. The fourth-order valence-electron chi connectivity index (χ4n) is 4.02. The molecule has 0 spiro atoms. The van der Waals surface area contributed by atoms with E-state index in [1.807, 2.05) is 18.2 Å². The van der Waals surface area contributed by atoms with Crippen molar-refractivity contribution in [2.24, 2.45) is 0 Å². The van der Waals surface area contributed by atoms with Crippen molar-refractivity contribution in [1.82, 2.24) is 0 Å². The lowest BCUT2D eigenvalue weighted by Gasteiger charge is -2.22. The maximum atomic E-state index is 12.9. The van der Waals surface area contributed by atoms with Gasteiger partial charge >= 0.3 is 5.97 Å². The van der Waals surface area contributed by atoms with Gasteiger partial charge in [-0.15, -0.1) is 0 Å². The van der Waals surface area contributed by atoms with E-state index in [0.717, 1.165) is 50.9 Å². The number of fused-ring (bicyclic) bond motifs is 1. The highest BCUT2D eigenvalue weighted by Gasteiger charge is 2.20. The van der Waals surface area contributed by atoms with Crippen LogP contribution >= 0.6 is 0 Å². The first-order chi connectivity index (χ1) is 13.2. The van der Waals surface area contributed by atoms with Crippen molar-refractivity contribution < 1.29 is 14.3 Å². The number of rotatable bonds is 4. The number of nitrogens with zero attached hydrogens (tertiary/aromatic N) is 1. The minimum Gasteiger partial charge on any atom is -0.465 e. The Morgan fingerprint density at radius 3 is 2.44 bits per heavy atom. The number of carbonyl (C=O) groups is 2. The van der Waals surface area contributed by atoms with Gasteiger partial charge in [0, 0.05) is 18.7 Å². The van der Waals surface area contributed by atoms with Crippen molar-refractivity contribution in [2.45, 2.75) is 32.1 Å². The average molecular weight is 364 g/mol. The van der Waals surface area contributed by atoms with Gasteiger partial charge in [-0.25, -0.2) is 4.79 Å². The van der Waals surface area contributed by atoms with E-state index in [0.29, 0.717) is 16.8 Å². The molecule has 1 aliphatic heterocycles. The maximum absolute atomic E-state index is 12.9. The quantitative estimate of drug-likeness (QED) is 0.838. The number of aryl methyl sites for hydroxylation is 2. The molecule has 1 amide bonds. The van der Waals surface area contributed by atoms with Crippen LogP contribution in [0.1, 0.15) is 51.1 Å². The fraction of sp³-hybridized carbons (Fsp3) is 0.364. The molecular formula is C22H24N2O3. The summed E-state index contributed by atoms with van der Waals surface area (Å²) >= 11 is 0. The predicted octanol–water partition coefficient (Wildman–Crippen LogP) is 3.81. The lowest BCUT2D eigenvalue weighted by molar-refractivity contribution is 0.0600. The molecule has 140 valence electrons. The molecule has 27 heavy (non-hydrogen) atoms. The Labute approximate surface area is 159 Å². The van der Waals surface area contributed by atoms with Crippen LogP contribution in [0.2, 0.25) is 0 Å². The van der Waals surface area contributed by atoms with Crippen LogP contribution in [-0.2, 0) is 17.6 Å². The van der Waals surface area contributed by atoms with Crippen LogP contribution in [0.4, 0.5) is 11.4 Å². The van der Waals surface area contributed by atoms with Crippen molar-refractivity contribution in [3.63, 3.8) is 0 Å². The number of anilines is 2. The molecule has 0 radical (unpaired) electrons. The van der Waals surface area contributed by atoms with Gasteiger partial charge in [0.25, 0.3) is 5.91 Å². The van der Waals surface area contributed by atoms with E-state index in [9.17, 15) is 9.59 Å². The summed E-state index contributed by atoms with van der Waals surface area (Å²) in [5.74, 6) is -0.553. The van der Waals surface area contributed by atoms with Crippen LogP contribution in [0.3, 0.4) is 0 Å². The molecule has 1 saturated heterocycles. The van der Waals surface area contributed by atoms with E-state index in [2.05, 4.69) is 16.3 Å². The Hall–Kier alpha value is -2.82. The van der Waals surface area contributed by atoms with Crippen molar-refractivity contribution in [2.75, 3.05) is 30.4 Å². The molecule has 2 aromatic carbocycles. The zero-order chi connectivity index (χ0) is 18.8. The number of nitrogens with one attached hydrogen (secondary N) is 1. The van der Waals surface area contributed by atoms with Crippen molar-refractivity contribution in [3.05, 3.63) is 58.7 Å². The second kappa shape index (κ2) is 7.43. The predicted molar refractivity (Wildman–Crippen MR) is 106 cm³/mol. The lowest BCUT2D eigenvalue weighted by Crippen LogP contribution is -2.21. The summed E-state index contributed by atoms with van der Waals surface area (Å²) in [5.41, 5.74) is 5.32. The third-order valence-corrected chi connectivity index (χ3v) is 5.47. The van der Waals surface area contributed by atoms with E-state index in [4.69, 9.17) is 4.74 Å². The second-order valence-electron chi connectivity index (χ2n) is 7.21. The molecule has 5 nitrogen and oxygen atoms in total. The monoisotopic (exact) mass is 364 g/mol. The number of carbonyl (C=O) groups excluding carboxylic acids is 2. The molecule has 0 saturated carbocycles. The number of ether oxygens (including phenoxy) is 1. The first-order valence-electron chi connectivity index (χ1n) is 9.56. The van der Waals surface area contributed by atoms with Crippen LogP contribution in [0.15, 0.2) is 36.4 Å². The maximum Gasteiger partial charge on any atom is 0.337 e. The molecule has 0 bridgehead atoms. The zero-order valence-corrected chi connectivity index (χ0v) is 15.6. The van der Waals surface area contributed by atoms with Crippen LogP contribution in [0.5, 0.6) is 0 Å². The molecule has 0 atom stereocenters. The standard InChI is InChI=1S/C22H24N2O3/c1-27-22(26)18-9-10-20(24-11-2-3-12-24)19(14-18)23-21(25)17-8-7-15-5-4-6-16(15)13-17/h7-10,13-14H,2-6,11-12H2,1H3,(H,23,25). The van der Waals surface area contributed by atoms with Crippen LogP contribution in [0, 0.1) is 0 Å². The lowest BCUT2D eigenvalue weighted by atomic mass is 10.1. The molecule has 1 heterocycles. The highest BCUT2D eigenvalue weighted by molar-refractivity contribution is 6.07. The summed E-state index contributed by atoms with van der Waals surface area (Å²) in [6.45, 7) is 1.92. The third kappa shape index (κ3) is 3.54. The minimum atomic E-state index is -0.406. The first-order valence-corrected chi connectivity index (χ1v) is 9.56. The smallest absolute Gasteiger partial charge is 0.337 e. The largest absolute Gasteiger partial charge is 0.465 e. The van der Waals surface area contributed by atoms with E-state index >= 15 is 0 Å². The van der Waals surface area contributed by atoms with Gasteiger partial charge in [-0.05, 0) is 73.6 Å². The molecule has 0 unspecified atom stereocenters. The second-order valence-corrected chi connectivity index (χ2v) is 7.21. The van der Waals surface area contributed by atoms with Gasteiger partial charge in [-0.2, -0.15) is 0 Å². The summed E-state index contributed by atoms with van der Waals surface area (Å²) in [4.78, 5) is 27.1. The highest BCUT2D eigenvalue weighted by atomic mass is 16.5. The Balaban J connectivity index is 1.64. The van der Waals surface area contributed by atoms with E-state index in [1.54, 1.807) is 12.1 Å². The minimum absolute atomic E-state index is 0.146. The average Bonchev–Trinajstić information content (AvgIpc) is 3.38. The van der Waals surface area contributed by atoms with Crippen molar-refractivity contribution in [1.29, 1.82) is 0 Å². The van der Waals surface area contributed by atoms with Crippen LogP contribution < -0.4 is 10.2 Å². The number of benzene rings is 2. The summed E-state index contributed by atoms with van der Waals surface area (Å²) in [5, 5.41) is 3.03. The van der Waals surface area contributed by atoms with Crippen LogP contribution in [0.25, 0.3) is 0 Å². The zero-order valence-electron chi connectivity index (χ0n) is 15.6. The molecule has 1 aliphatic carbocycles. The van der Waals surface area contributed by atoms with Crippen LogP contribution in [-0.4, -0.2) is 32.1 Å². The molecule has 1 N–H and O–H groups in total. The van der Waals surface area contributed by atoms with E-state index < -0.39 is 5.97 Å².